The predicted octanol–water partition coefficient (Wildman–Crippen LogP) is 1.18. The molecule has 1 aliphatic carbocycles. The van der Waals surface area contributed by atoms with E-state index in [1.54, 1.807) is 12.2 Å². The number of rotatable bonds is 1. The van der Waals surface area contributed by atoms with Crippen molar-refractivity contribution >= 4 is 5.97 Å². The van der Waals surface area contributed by atoms with E-state index in [4.69, 9.17) is 9.47 Å². The Morgan fingerprint density at radius 2 is 2.07 bits per heavy atom. The summed E-state index contributed by atoms with van der Waals surface area (Å²) in [5.74, 6) is -0.945. The highest BCUT2D eigenvalue weighted by molar-refractivity contribution is 5.91. The highest BCUT2D eigenvalue weighted by Gasteiger charge is 2.40. The maximum Gasteiger partial charge on any atom is 0.337 e. The number of ether oxygens (including phenoxy) is 3. The average Bonchev–Trinajstić information content (AvgIpc) is 2.49. The van der Waals surface area contributed by atoms with Crippen LogP contribution in [0.2, 0.25) is 0 Å². The molecule has 0 bridgehead atoms. The molecule has 15 heavy (non-hydrogen) atoms. The van der Waals surface area contributed by atoms with Crippen molar-refractivity contribution in [2.45, 2.75) is 31.8 Å². The Balaban J connectivity index is 2.17. The van der Waals surface area contributed by atoms with Gasteiger partial charge in [0.25, 0.3) is 0 Å². The molecular formula is C11H14O4. The second-order valence-electron chi connectivity index (χ2n) is 4.04. The Labute approximate surface area is 88.5 Å². The number of methoxy groups -OCH3 is 1. The minimum atomic E-state index is -0.595. The molecule has 2 atom stereocenters. The molecule has 2 aliphatic rings. The van der Waals surface area contributed by atoms with Crippen LogP contribution in [0.25, 0.3) is 0 Å². The summed E-state index contributed by atoms with van der Waals surface area (Å²) in [6.07, 6.45) is 4.97. The lowest BCUT2D eigenvalue weighted by molar-refractivity contribution is -0.139. The summed E-state index contributed by atoms with van der Waals surface area (Å²) in [7, 11) is 1.36. The minimum Gasteiger partial charge on any atom is -0.465 e. The van der Waals surface area contributed by atoms with Crippen LogP contribution in [0.5, 0.6) is 0 Å². The monoisotopic (exact) mass is 210 g/mol. The SMILES string of the molecule is COC(=O)C1=CC2OC(C)(C)OC2C=C1. The number of carbonyl (C=O) groups excluding carboxylic acids is 1. The highest BCUT2D eigenvalue weighted by atomic mass is 16.7. The normalized spacial score (nSPS) is 32.1. The van der Waals surface area contributed by atoms with Gasteiger partial charge in [-0.2, -0.15) is 0 Å². The van der Waals surface area contributed by atoms with Gasteiger partial charge in [-0.15, -0.1) is 0 Å². The van der Waals surface area contributed by atoms with Crippen LogP contribution >= 0.6 is 0 Å². The first-order chi connectivity index (χ1) is 7.02. The molecule has 1 saturated heterocycles. The first-order valence-electron chi connectivity index (χ1n) is 4.86. The van der Waals surface area contributed by atoms with Crippen LogP contribution < -0.4 is 0 Å². The van der Waals surface area contributed by atoms with Gasteiger partial charge < -0.3 is 14.2 Å². The van der Waals surface area contributed by atoms with Gasteiger partial charge in [-0.05, 0) is 26.0 Å². The fourth-order valence-electron chi connectivity index (χ4n) is 1.78. The number of fused-ring (bicyclic) bond motifs is 1. The molecular weight excluding hydrogens is 196 g/mol. The lowest BCUT2D eigenvalue weighted by atomic mass is 10.0. The molecule has 2 unspecified atom stereocenters. The molecule has 1 aliphatic heterocycles. The fourth-order valence-corrected chi connectivity index (χ4v) is 1.78. The third kappa shape index (κ3) is 1.96. The van der Waals surface area contributed by atoms with Crippen molar-refractivity contribution in [1.29, 1.82) is 0 Å². The van der Waals surface area contributed by atoms with Crippen molar-refractivity contribution in [1.82, 2.24) is 0 Å². The zero-order chi connectivity index (χ0) is 11.1. The molecule has 0 amide bonds. The van der Waals surface area contributed by atoms with Crippen LogP contribution in [0, 0.1) is 0 Å². The lowest BCUT2D eigenvalue weighted by Crippen LogP contribution is -2.23. The summed E-state index contributed by atoms with van der Waals surface area (Å²) < 4.78 is 15.9. The summed E-state index contributed by atoms with van der Waals surface area (Å²) in [5.41, 5.74) is 0.514. The highest BCUT2D eigenvalue weighted by Crippen LogP contribution is 2.32. The smallest absolute Gasteiger partial charge is 0.337 e. The molecule has 0 radical (unpaired) electrons. The maximum atomic E-state index is 11.3. The zero-order valence-corrected chi connectivity index (χ0v) is 9.02. The predicted molar refractivity (Wildman–Crippen MR) is 53.1 cm³/mol. The Bertz CT molecular complexity index is 340. The summed E-state index contributed by atoms with van der Waals surface area (Å²) in [6.45, 7) is 3.70. The standard InChI is InChI=1S/C11H14O4/c1-11(2)14-8-5-4-7(10(12)13-3)6-9(8)15-11/h4-6,8-9H,1-3H3. The van der Waals surface area contributed by atoms with Crippen LogP contribution in [0.1, 0.15) is 13.8 Å². The van der Waals surface area contributed by atoms with E-state index in [0.29, 0.717) is 5.57 Å². The Morgan fingerprint density at radius 3 is 2.73 bits per heavy atom. The molecule has 4 nitrogen and oxygen atoms in total. The van der Waals surface area contributed by atoms with Crippen molar-refractivity contribution in [3.63, 3.8) is 0 Å². The Hall–Kier alpha value is -1.13. The Kier molecular flexibility index (Phi) is 2.40. The average molecular weight is 210 g/mol. The van der Waals surface area contributed by atoms with Crippen molar-refractivity contribution < 1.29 is 19.0 Å². The lowest BCUT2D eigenvalue weighted by Gasteiger charge is -2.15. The van der Waals surface area contributed by atoms with Crippen LogP contribution in [0.15, 0.2) is 23.8 Å². The minimum absolute atomic E-state index is 0.103. The first kappa shape index (κ1) is 10.4. The van der Waals surface area contributed by atoms with E-state index in [2.05, 4.69) is 4.74 Å². The van der Waals surface area contributed by atoms with Crippen LogP contribution in [0.4, 0.5) is 0 Å². The molecule has 0 aromatic rings. The van der Waals surface area contributed by atoms with E-state index in [9.17, 15) is 4.79 Å². The van der Waals surface area contributed by atoms with Gasteiger partial charge in [0, 0.05) is 0 Å². The van der Waals surface area contributed by atoms with E-state index in [1.807, 2.05) is 19.9 Å². The van der Waals surface area contributed by atoms with Crippen molar-refractivity contribution in [3.05, 3.63) is 23.8 Å². The summed E-state index contributed by atoms with van der Waals surface area (Å²) in [4.78, 5) is 11.3. The van der Waals surface area contributed by atoms with Gasteiger partial charge in [0.1, 0.15) is 12.2 Å². The van der Waals surface area contributed by atoms with Gasteiger partial charge in [0.15, 0.2) is 5.79 Å². The molecule has 2 rings (SSSR count). The summed E-state index contributed by atoms with van der Waals surface area (Å²) in [6, 6.07) is 0. The molecule has 0 saturated carbocycles. The van der Waals surface area contributed by atoms with Gasteiger partial charge in [-0.3, -0.25) is 0 Å². The van der Waals surface area contributed by atoms with E-state index < -0.39 is 5.79 Å². The zero-order valence-electron chi connectivity index (χ0n) is 9.02. The number of carbonyl (C=O) groups is 1. The van der Waals surface area contributed by atoms with Crippen molar-refractivity contribution in [2.24, 2.45) is 0 Å². The van der Waals surface area contributed by atoms with E-state index in [0.717, 1.165) is 0 Å². The second kappa shape index (κ2) is 3.47. The topological polar surface area (TPSA) is 44.8 Å². The van der Waals surface area contributed by atoms with Crippen molar-refractivity contribution in [2.75, 3.05) is 7.11 Å². The Morgan fingerprint density at radius 1 is 1.40 bits per heavy atom. The van der Waals surface area contributed by atoms with Crippen LogP contribution in [-0.4, -0.2) is 31.1 Å². The molecule has 82 valence electrons. The third-order valence-electron chi connectivity index (χ3n) is 2.39. The van der Waals surface area contributed by atoms with Gasteiger partial charge in [0.05, 0.1) is 12.7 Å². The van der Waals surface area contributed by atoms with E-state index in [-0.39, 0.29) is 18.2 Å². The molecule has 1 heterocycles. The number of hydrogen-bond acceptors (Lipinski definition) is 4. The molecule has 1 fully saturated rings. The summed E-state index contributed by atoms with van der Waals surface area (Å²) in [5, 5.41) is 0. The van der Waals surface area contributed by atoms with E-state index >= 15 is 0 Å². The van der Waals surface area contributed by atoms with Gasteiger partial charge in [0.2, 0.25) is 0 Å². The first-order valence-corrected chi connectivity index (χ1v) is 4.86. The molecule has 0 spiro atoms. The largest absolute Gasteiger partial charge is 0.465 e. The second-order valence-corrected chi connectivity index (χ2v) is 4.04. The van der Waals surface area contributed by atoms with Gasteiger partial charge >= 0.3 is 5.97 Å². The molecule has 4 heteroatoms. The molecule has 0 aromatic carbocycles. The number of hydrogen-bond donors (Lipinski definition) is 0. The van der Waals surface area contributed by atoms with Gasteiger partial charge in [-0.25, -0.2) is 4.79 Å². The van der Waals surface area contributed by atoms with E-state index in [1.165, 1.54) is 7.11 Å². The maximum absolute atomic E-state index is 11.3. The number of esters is 1. The fraction of sp³-hybridized carbons (Fsp3) is 0.545. The van der Waals surface area contributed by atoms with Crippen LogP contribution in [-0.2, 0) is 19.0 Å². The molecule has 0 N–H and O–H groups in total. The molecule has 0 aromatic heterocycles. The summed E-state index contributed by atoms with van der Waals surface area (Å²) >= 11 is 0. The van der Waals surface area contributed by atoms with Crippen LogP contribution in [0.3, 0.4) is 0 Å². The van der Waals surface area contributed by atoms with Gasteiger partial charge in [-0.1, -0.05) is 6.08 Å². The van der Waals surface area contributed by atoms with Crippen molar-refractivity contribution in [3.8, 4) is 0 Å². The quantitative estimate of drug-likeness (QED) is 0.609. The third-order valence-corrected chi connectivity index (χ3v) is 2.39.